The minimum Gasteiger partial charge on any atom is -0.462 e. The minimum atomic E-state index is -0.609. The summed E-state index contributed by atoms with van der Waals surface area (Å²) >= 11 is 6.22. The molecule has 1 aliphatic heterocycles. The van der Waals surface area contributed by atoms with Crippen molar-refractivity contribution in [1.29, 1.82) is 0 Å². The maximum atomic E-state index is 12.4. The van der Waals surface area contributed by atoms with Crippen LogP contribution in [0.3, 0.4) is 0 Å². The number of halogens is 1. The van der Waals surface area contributed by atoms with Gasteiger partial charge in [-0.15, -0.1) is 0 Å². The van der Waals surface area contributed by atoms with E-state index in [-0.39, 0.29) is 6.03 Å². The topological polar surface area (TPSA) is 58.6 Å². The number of benzene rings is 1. The molecule has 2 rings (SSSR count). The predicted molar refractivity (Wildman–Crippen MR) is 84.4 cm³/mol. The summed E-state index contributed by atoms with van der Waals surface area (Å²) in [5, 5.41) is 3.30. The van der Waals surface area contributed by atoms with Gasteiger partial charge >= 0.3 is 12.0 Å². The smallest absolute Gasteiger partial charge is 0.338 e. The third kappa shape index (κ3) is 3.09. The number of urea groups is 1. The van der Waals surface area contributed by atoms with E-state index in [9.17, 15) is 9.59 Å². The van der Waals surface area contributed by atoms with Crippen LogP contribution in [0.25, 0.3) is 0 Å². The first-order valence-corrected chi connectivity index (χ1v) is 7.51. The number of amides is 2. The maximum absolute atomic E-state index is 12.4. The fourth-order valence-corrected chi connectivity index (χ4v) is 2.56. The third-order valence-electron chi connectivity index (χ3n) is 3.63. The lowest BCUT2D eigenvalue weighted by Gasteiger charge is -2.33. The van der Waals surface area contributed by atoms with Crippen molar-refractivity contribution < 1.29 is 14.3 Å². The Bertz CT molecular complexity index is 628. The van der Waals surface area contributed by atoms with Crippen LogP contribution in [0.1, 0.15) is 31.9 Å². The molecule has 1 N–H and O–H groups in total. The SMILES string of the molecule is CCCOC(=O)C1=C(C)N(C)C(=O)NC1c1ccccc1Cl. The maximum Gasteiger partial charge on any atom is 0.338 e. The van der Waals surface area contributed by atoms with Crippen molar-refractivity contribution in [3.8, 4) is 0 Å². The molecule has 1 aliphatic rings. The van der Waals surface area contributed by atoms with Gasteiger partial charge in [0.1, 0.15) is 0 Å². The number of nitrogens with one attached hydrogen (secondary N) is 1. The lowest BCUT2D eigenvalue weighted by molar-refractivity contribution is -0.139. The van der Waals surface area contributed by atoms with Crippen LogP contribution in [0, 0.1) is 0 Å². The highest BCUT2D eigenvalue weighted by molar-refractivity contribution is 6.31. The summed E-state index contributed by atoms with van der Waals surface area (Å²) in [5.41, 5.74) is 1.65. The van der Waals surface area contributed by atoms with Crippen molar-refractivity contribution in [3.63, 3.8) is 0 Å². The van der Waals surface area contributed by atoms with E-state index in [0.717, 1.165) is 6.42 Å². The normalized spacial score (nSPS) is 18.3. The number of esters is 1. The van der Waals surface area contributed by atoms with E-state index in [1.807, 2.05) is 13.0 Å². The molecule has 1 aromatic carbocycles. The molecule has 1 aromatic rings. The van der Waals surface area contributed by atoms with Crippen LogP contribution in [0.5, 0.6) is 0 Å². The molecule has 0 aromatic heterocycles. The molecule has 1 unspecified atom stereocenters. The van der Waals surface area contributed by atoms with E-state index in [2.05, 4.69) is 5.32 Å². The summed E-state index contributed by atoms with van der Waals surface area (Å²) in [6.45, 7) is 3.99. The number of hydrogen-bond donors (Lipinski definition) is 1. The standard InChI is InChI=1S/C16H19ClN2O3/c1-4-9-22-15(20)13-10(2)19(3)16(21)18-14(13)11-7-5-6-8-12(11)17/h5-8,14H,4,9H2,1-3H3,(H,18,21). The molecule has 6 heteroatoms. The molecule has 5 nitrogen and oxygen atoms in total. The summed E-state index contributed by atoms with van der Waals surface area (Å²) in [4.78, 5) is 25.9. The van der Waals surface area contributed by atoms with Crippen LogP contribution in [-0.4, -0.2) is 30.6 Å². The molecule has 2 amide bonds. The van der Waals surface area contributed by atoms with Crippen LogP contribution in [-0.2, 0) is 9.53 Å². The fraction of sp³-hybridized carbons (Fsp3) is 0.375. The Morgan fingerprint density at radius 2 is 2.09 bits per heavy atom. The van der Waals surface area contributed by atoms with Crippen molar-refractivity contribution in [2.45, 2.75) is 26.3 Å². The molecule has 0 spiro atoms. The Morgan fingerprint density at radius 1 is 1.41 bits per heavy atom. The Morgan fingerprint density at radius 3 is 2.73 bits per heavy atom. The van der Waals surface area contributed by atoms with Crippen LogP contribution < -0.4 is 5.32 Å². The fourth-order valence-electron chi connectivity index (χ4n) is 2.31. The highest BCUT2D eigenvalue weighted by Gasteiger charge is 2.35. The minimum absolute atomic E-state index is 0.283. The number of carbonyl (C=O) groups excluding carboxylic acids is 2. The van der Waals surface area contributed by atoms with E-state index < -0.39 is 12.0 Å². The van der Waals surface area contributed by atoms with Gasteiger partial charge in [-0.05, 0) is 25.0 Å². The van der Waals surface area contributed by atoms with E-state index in [1.54, 1.807) is 32.2 Å². The van der Waals surface area contributed by atoms with E-state index >= 15 is 0 Å². The quantitative estimate of drug-likeness (QED) is 0.866. The molecular formula is C16H19ClN2O3. The highest BCUT2D eigenvalue weighted by Crippen LogP contribution is 2.34. The van der Waals surface area contributed by atoms with Crippen LogP contribution in [0.2, 0.25) is 5.02 Å². The Kier molecular flexibility index (Phi) is 5.08. The van der Waals surface area contributed by atoms with Crippen molar-refractivity contribution in [2.24, 2.45) is 0 Å². The first-order chi connectivity index (χ1) is 10.5. The predicted octanol–water partition coefficient (Wildman–Crippen LogP) is 3.26. The molecule has 0 saturated heterocycles. The largest absolute Gasteiger partial charge is 0.462 e. The van der Waals surface area contributed by atoms with Gasteiger partial charge in [0.2, 0.25) is 0 Å². The first kappa shape index (κ1) is 16.4. The van der Waals surface area contributed by atoms with Gasteiger partial charge in [0.15, 0.2) is 0 Å². The highest BCUT2D eigenvalue weighted by atomic mass is 35.5. The van der Waals surface area contributed by atoms with Crippen molar-refractivity contribution in [2.75, 3.05) is 13.7 Å². The molecule has 0 fully saturated rings. The van der Waals surface area contributed by atoms with Crippen molar-refractivity contribution in [3.05, 3.63) is 46.1 Å². The first-order valence-electron chi connectivity index (χ1n) is 7.13. The molecule has 0 radical (unpaired) electrons. The Labute approximate surface area is 134 Å². The number of hydrogen-bond acceptors (Lipinski definition) is 3. The third-order valence-corrected chi connectivity index (χ3v) is 3.97. The lowest BCUT2D eigenvalue weighted by atomic mass is 9.95. The second-order valence-corrected chi connectivity index (χ2v) is 5.51. The van der Waals surface area contributed by atoms with Gasteiger partial charge in [0.25, 0.3) is 0 Å². The van der Waals surface area contributed by atoms with Gasteiger partial charge in [0, 0.05) is 17.8 Å². The summed E-state index contributed by atoms with van der Waals surface area (Å²) in [6.07, 6.45) is 0.733. The summed E-state index contributed by atoms with van der Waals surface area (Å²) in [7, 11) is 1.61. The molecule has 0 aliphatic carbocycles. The lowest BCUT2D eigenvalue weighted by Crippen LogP contribution is -2.46. The van der Waals surface area contributed by atoms with Crippen LogP contribution in [0.4, 0.5) is 4.79 Å². The van der Waals surface area contributed by atoms with Crippen LogP contribution in [0.15, 0.2) is 35.5 Å². The van der Waals surface area contributed by atoms with Gasteiger partial charge in [0.05, 0.1) is 18.2 Å². The van der Waals surface area contributed by atoms with Crippen molar-refractivity contribution in [1.82, 2.24) is 10.2 Å². The monoisotopic (exact) mass is 322 g/mol. The Balaban J connectivity index is 2.48. The number of carbonyl (C=O) groups is 2. The van der Waals surface area contributed by atoms with Crippen LogP contribution >= 0.6 is 11.6 Å². The summed E-state index contributed by atoms with van der Waals surface area (Å²) in [5.74, 6) is -0.434. The number of ether oxygens (including phenoxy) is 1. The molecule has 0 saturated carbocycles. The zero-order valence-corrected chi connectivity index (χ0v) is 13.6. The second kappa shape index (κ2) is 6.83. The number of rotatable bonds is 4. The van der Waals surface area contributed by atoms with E-state index in [0.29, 0.717) is 28.5 Å². The van der Waals surface area contributed by atoms with Gasteiger partial charge < -0.3 is 15.0 Å². The zero-order valence-electron chi connectivity index (χ0n) is 12.9. The molecular weight excluding hydrogens is 304 g/mol. The number of allylic oxidation sites excluding steroid dienone is 1. The zero-order chi connectivity index (χ0) is 16.3. The number of nitrogens with zero attached hydrogens (tertiary/aromatic N) is 1. The summed E-state index contributed by atoms with van der Waals surface area (Å²) < 4.78 is 5.26. The Hall–Kier alpha value is -2.01. The van der Waals surface area contributed by atoms with Gasteiger partial charge in [-0.2, -0.15) is 0 Å². The van der Waals surface area contributed by atoms with Gasteiger partial charge in [-0.25, -0.2) is 9.59 Å². The van der Waals surface area contributed by atoms with E-state index in [1.165, 1.54) is 4.90 Å². The average Bonchev–Trinajstić information content (AvgIpc) is 2.50. The molecule has 22 heavy (non-hydrogen) atoms. The molecule has 0 bridgehead atoms. The molecule has 1 heterocycles. The molecule has 1 atom stereocenters. The van der Waals surface area contributed by atoms with Gasteiger partial charge in [-0.3, -0.25) is 0 Å². The second-order valence-electron chi connectivity index (χ2n) is 5.10. The van der Waals surface area contributed by atoms with Crippen molar-refractivity contribution >= 4 is 23.6 Å². The summed E-state index contributed by atoms with van der Waals surface area (Å²) in [6, 6.07) is 6.24. The molecule has 118 valence electrons. The van der Waals surface area contributed by atoms with Gasteiger partial charge in [-0.1, -0.05) is 36.7 Å². The average molecular weight is 323 g/mol. The van der Waals surface area contributed by atoms with E-state index in [4.69, 9.17) is 16.3 Å².